The second kappa shape index (κ2) is 9.87. The number of alkyl halides is 3. The fourth-order valence-corrected chi connectivity index (χ4v) is 4.49. The highest BCUT2D eigenvalue weighted by molar-refractivity contribution is 5.93. The van der Waals surface area contributed by atoms with Gasteiger partial charge in [0.15, 0.2) is 0 Å². The summed E-state index contributed by atoms with van der Waals surface area (Å²) in [6.45, 7) is 2.78. The molecule has 2 saturated heterocycles. The van der Waals surface area contributed by atoms with Crippen molar-refractivity contribution in [3.8, 4) is 0 Å². The van der Waals surface area contributed by atoms with Crippen LogP contribution in [-0.4, -0.2) is 66.3 Å². The van der Waals surface area contributed by atoms with Crippen molar-refractivity contribution >= 4 is 12.0 Å². The average molecular weight is 492 g/mol. The van der Waals surface area contributed by atoms with E-state index >= 15 is 0 Å². The number of carbonyl (C=O) groups excluding carboxylic acids is 2. The number of rotatable bonds is 6. The third kappa shape index (κ3) is 5.76. The van der Waals surface area contributed by atoms with Gasteiger partial charge in [-0.2, -0.15) is 13.2 Å². The van der Waals surface area contributed by atoms with Crippen molar-refractivity contribution in [1.82, 2.24) is 14.9 Å². The van der Waals surface area contributed by atoms with Gasteiger partial charge in [-0.25, -0.2) is 9.86 Å². The maximum Gasteiger partial charge on any atom is 0.416 e. The molecule has 0 aliphatic carbocycles. The van der Waals surface area contributed by atoms with Crippen molar-refractivity contribution < 1.29 is 32.3 Å². The Hall–Kier alpha value is -3.11. The molecule has 4 rings (SSSR count). The minimum absolute atomic E-state index is 0.262. The molecule has 0 saturated carbocycles. The van der Waals surface area contributed by atoms with Gasteiger partial charge < -0.3 is 4.74 Å². The van der Waals surface area contributed by atoms with Crippen molar-refractivity contribution in [2.75, 3.05) is 33.8 Å². The molecule has 0 aromatic heterocycles. The summed E-state index contributed by atoms with van der Waals surface area (Å²) in [6, 6.07) is 12.2. The van der Waals surface area contributed by atoms with Crippen molar-refractivity contribution in [3.63, 3.8) is 0 Å². The molecule has 0 unspecified atom stereocenters. The predicted octanol–water partition coefficient (Wildman–Crippen LogP) is 4.33. The lowest BCUT2D eigenvalue weighted by atomic mass is 9.91. The van der Waals surface area contributed by atoms with Crippen molar-refractivity contribution in [3.05, 3.63) is 70.8 Å². The van der Waals surface area contributed by atoms with Gasteiger partial charge in [0.05, 0.1) is 19.2 Å². The van der Waals surface area contributed by atoms with E-state index in [1.165, 1.54) is 26.3 Å². The molecule has 2 amide bonds. The Balaban J connectivity index is 1.30. The molecule has 188 valence electrons. The predicted molar refractivity (Wildman–Crippen MR) is 121 cm³/mol. The number of benzene rings is 2. The number of hydroxylamine groups is 2. The molecule has 0 atom stereocenters. The molecule has 10 heteroatoms. The lowest BCUT2D eigenvalue weighted by Crippen LogP contribution is -2.46. The highest BCUT2D eigenvalue weighted by atomic mass is 19.4. The summed E-state index contributed by atoms with van der Waals surface area (Å²) >= 11 is 0. The van der Waals surface area contributed by atoms with Crippen molar-refractivity contribution in [2.24, 2.45) is 0 Å². The molecule has 2 aromatic carbocycles. The maximum absolute atomic E-state index is 12.8. The first-order valence-corrected chi connectivity index (χ1v) is 11.4. The largest absolute Gasteiger partial charge is 0.441 e. The Labute approximate surface area is 202 Å². The van der Waals surface area contributed by atoms with Gasteiger partial charge in [-0.1, -0.05) is 24.3 Å². The molecule has 2 fully saturated rings. The first-order valence-electron chi connectivity index (χ1n) is 11.4. The number of amides is 2. The van der Waals surface area contributed by atoms with E-state index in [1.54, 1.807) is 17.0 Å². The SMILES string of the molecule is CON(C)C(=O)c1ccc(CN2CC3(CCN(Cc4ccc(C(F)(F)F)cc4)CC3)OC2=O)cc1. The van der Waals surface area contributed by atoms with E-state index in [4.69, 9.17) is 9.57 Å². The monoisotopic (exact) mass is 491 g/mol. The zero-order valence-electron chi connectivity index (χ0n) is 19.7. The van der Waals surface area contributed by atoms with Crippen LogP contribution in [0.3, 0.4) is 0 Å². The number of piperidine rings is 1. The summed E-state index contributed by atoms with van der Waals surface area (Å²) in [6.07, 6.45) is -3.38. The molecule has 2 aromatic rings. The van der Waals surface area contributed by atoms with Gasteiger partial charge in [-0.05, 0) is 35.4 Å². The standard InChI is InChI=1S/C25H28F3N3O4/c1-29(34-2)22(32)20-7-3-19(4-8-20)16-31-17-24(35-23(31)33)11-13-30(14-12-24)15-18-5-9-21(10-6-18)25(26,27)28/h3-10H,11-17H2,1-2H3. The van der Waals surface area contributed by atoms with Gasteiger partial charge >= 0.3 is 12.3 Å². The summed E-state index contributed by atoms with van der Waals surface area (Å²) in [5.74, 6) is -0.262. The van der Waals surface area contributed by atoms with E-state index in [0.717, 1.165) is 28.3 Å². The van der Waals surface area contributed by atoms with Crippen molar-refractivity contribution in [2.45, 2.75) is 37.7 Å². The molecule has 0 bridgehead atoms. The van der Waals surface area contributed by atoms with Crippen LogP contribution in [0.25, 0.3) is 0 Å². The normalized spacial score (nSPS) is 18.1. The van der Waals surface area contributed by atoms with E-state index < -0.39 is 17.3 Å². The molecule has 7 nitrogen and oxygen atoms in total. The number of likely N-dealkylation sites (tertiary alicyclic amines) is 1. The van der Waals surface area contributed by atoms with Gasteiger partial charge in [0.1, 0.15) is 5.60 Å². The van der Waals surface area contributed by atoms with Gasteiger partial charge in [0.2, 0.25) is 0 Å². The fourth-order valence-electron chi connectivity index (χ4n) is 4.49. The van der Waals surface area contributed by atoms with Crippen LogP contribution in [0.2, 0.25) is 0 Å². The fraction of sp³-hybridized carbons (Fsp3) is 0.440. The van der Waals surface area contributed by atoms with E-state index in [9.17, 15) is 22.8 Å². The van der Waals surface area contributed by atoms with Crippen LogP contribution in [0.1, 0.15) is 39.9 Å². The van der Waals surface area contributed by atoms with Crippen LogP contribution in [0.5, 0.6) is 0 Å². The van der Waals surface area contributed by atoms with Crippen LogP contribution in [0.15, 0.2) is 48.5 Å². The molecule has 2 heterocycles. The zero-order valence-corrected chi connectivity index (χ0v) is 19.7. The third-order valence-electron chi connectivity index (χ3n) is 6.63. The molecular formula is C25H28F3N3O4. The van der Waals surface area contributed by atoms with Crippen molar-refractivity contribution in [1.29, 1.82) is 0 Å². The van der Waals surface area contributed by atoms with E-state index in [-0.39, 0.29) is 12.0 Å². The van der Waals surface area contributed by atoms with Gasteiger partial charge in [-0.3, -0.25) is 19.4 Å². The minimum atomic E-state index is -4.34. The first kappa shape index (κ1) is 25.0. The molecule has 0 N–H and O–H groups in total. The Bertz CT molecular complexity index is 1050. The van der Waals surface area contributed by atoms with Crippen LogP contribution < -0.4 is 0 Å². The molecule has 35 heavy (non-hydrogen) atoms. The Kier molecular flexibility index (Phi) is 7.05. The van der Waals surface area contributed by atoms with E-state index in [1.807, 2.05) is 12.1 Å². The Morgan fingerprint density at radius 1 is 1.03 bits per heavy atom. The Morgan fingerprint density at radius 3 is 2.17 bits per heavy atom. The smallest absolute Gasteiger partial charge is 0.416 e. The maximum atomic E-state index is 12.8. The van der Waals surface area contributed by atoms with Gasteiger partial charge in [0, 0.05) is 51.6 Å². The van der Waals surface area contributed by atoms with Crippen LogP contribution >= 0.6 is 0 Å². The number of halogens is 3. The lowest BCUT2D eigenvalue weighted by Gasteiger charge is -2.37. The van der Waals surface area contributed by atoms with Crippen LogP contribution in [0, 0.1) is 0 Å². The second-order valence-corrected chi connectivity index (χ2v) is 9.06. The van der Waals surface area contributed by atoms with Gasteiger partial charge in [0.25, 0.3) is 5.91 Å². The summed E-state index contributed by atoms with van der Waals surface area (Å²) in [4.78, 5) is 33.5. The molecule has 2 aliphatic rings. The topological polar surface area (TPSA) is 62.3 Å². The Morgan fingerprint density at radius 2 is 1.60 bits per heavy atom. The lowest BCUT2D eigenvalue weighted by molar-refractivity contribution is -0.137. The third-order valence-corrected chi connectivity index (χ3v) is 6.63. The highest BCUT2D eigenvalue weighted by Crippen LogP contribution is 2.35. The number of hydrogen-bond donors (Lipinski definition) is 0. The summed E-state index contributed by atoms with van der Waals surface area (Å²) in [5.41, 5.74) is 0.984. The molecular weight excluding hydrogens is 463 g/mol. The average Bonchev–Trinajstić information content (AvgIpc) is 3.14. The molecule has 0 radical (unpaired) electrons. The highest BCUT2D eigenvalue weighted by Gasteiger charge is 2.46. The molecule has 1 spiro atoms. The summed E-state index contributed by atoms with van der Waals surface area (Å²) in [5, 5.41) is 1.14. The van der Waals surface area contributed by atoms with Crippen LogP contribution in [0.4, 0.5) is 18.0 Å². The number of hydrogen-bond acceptors (Lipinski definition) is 5. The van der Waals surface area contributed by atoms with Gasteiger partial charge in [-0.15, -0.1) is 0 Å². The summed E-state index contributed by atoms with van der Waals surface area (Å²) in [7, 11) is 2.95. The minimum Gasteiger partial charge on any atom is -0.441 e. The summed E-state index contributed by atoms with van der Waals surface area (Å²) < 4.78 is 44.1. The molecule has 2 aliphatic heterocycles. The second-order valence-electron chi connectivity index (χ2n) is 9.06. The quantitative estimate of drug-likeness (QED) is 0.563. The van der Waals surface area contributed by atoms with Crippen LogP contribution in [-0.2, 0) is 28.8 Å². The number of ether oxygens (including phenoxy) is 1. The number of carbonyl (C=O) groups is 2. The van der Waals surface area contributed by atoms with E-state index in [2.05, 4.69) is 4.90 Å². The number of nitrogens with zero attached hydrogens (tertiary/aromatic N) is 3. The van der Waals surface area contributed by atoms with E-state index in [0.29, 0.717) is 51.1 Å². The first-order chi connectivity index (χ1) is 16.6. The zero-order chi connectivity index (χ0) is 25.2.